The monoisotopic (exact) mass is 685 g/mol. The molecule has 0 amide bonds. The molecule has 5 nitrogen and oxygen atoms in total. The number of halogens is 3. The summed E-state index contributed by atoms with van der Waals surface area (Å²) in [7, 11) is 0. The van der Waals surface area contributed by atoms with Crippen molar-refractivity contribution >= 4 is 64.9 Å². The number of ether oxygens (including phenoxy) is 1. The normalized spacial score (nSPS) is 14.5. The summed E-state index contributed by atoms with van der Waals surface area (Å²) in [6.07, 6.45) is 7.27. The third-order valence-electron chi connectivity index (χ3n) is 6.61. The van der Waals surface area contributed by atoms with Gasteiger partial charge in [0.05, 0.1) is 26.1 Å². The summed E-state index contributed by atoms with van der Waals surface area (Å²) in [4.78, 5) is 18.5. The van der Waals surface area contributed by atoms with E-state index in [4.69, 9.17) is 9.72 Å². The smallest absolute Gasteiger partial charge is 0.282 e. The quantitative estimate of drug-likeness (QED) is 0.191. The van der Waals surface area contributed by atoms with Crippen LogP contribution in [0.15, 0.2) is 77.9 Å². The molecule has 0 saturated heterocycles. The molecule has 0 unspecified atom stereocenters. The maximum atomic E-state index is 13.5. The lowest BCUT2D eigenvalue weighted by atomic mass is 9.88. The fraction of sp³-hybridized carbons (Fsp3) is 0.276. The second-order valence-corrected chi connectivity index (χ2v) is 12.0. The highest BCUT2D eigenvalue weighted by atomic mass is 79.9. The van der Waals surface area contributed by atoms with E-state index in [1.807, 2.05) is 42.5 Å². The summed E-state index contributed by atoms with van der Waals surface area (Å²) in [6, 6.07) is 17.8. The van der Waals surface area contributed by atoms with Crippen LogP contribution in [0.3, 0.4) is 0 Å². The number of nitrogens with zero attached hydrogens (tertiary/aromatic N) is 3. The minimum Gasteiger partial charge on any atom is -0.487 e. The van der Waals surface area contributed by atoms with E-state index in [0.717, 1.165) is 61.8 Å². The first-order valence-electron chi connectivity index (χ1n) is 12.3. The number of aromatic nitrogens is 2. The van der Waals surface area contributed by atoms with Crippen LogP contribution in [0.2, 0.25) is 0 Å². The SMILES string of the molecule is Cc1cccc(COc2c(Br)cc(C=Nn3c(C4CCCCC4)nc4ccc(Br)cc4c3=O)cc2Br)c1. The van der Waals surface area contributed by atoms with Crippen molar-refractivity contribution in [3.05, 3.63) is 101 Å². The van der Waals surface area contributed by atoms with Crippen LogP contribution >= 0.6 is 47.8 Å². The lowest BCUT2D eigenvalue weighted by Gasteiger charge is -2.22. The maximum Gasteiger partial charge on any atom is 0.282 e. The molecular formula is C29H26Br3N3O2. The van der Waals surface area contributed by atoms with Crippen LogP contribution < -0.4 is 10.3 Å². The summed E-state index contributed by atoms with van der Waals surface area (Å²) in [5.41, 5.74) is 3.69. The van der Waals surface area contributed by atoms with Gasteiger partial charge in [0, 0.05) is 10.4 Å². The highest BCUT2D eigenvalue weighted by molar-refractivity contribution is 9.11. The Hall–Kier alpha value is -2.29. The molecule has 3 aromatic carbocycles. The third kappa shape index (κ3) is 6.07. The zero-order valence-electron chi connectivity index (χ0n) is 20.4. The van der Waals surface area contributed by atoms with Gasteiger partial charge in [-0.05, 0) is 93.1 Å². The van der Waals surface area contributed by atoms with Crippen molar-refractivity contribution in [3.8, 4) is 5.75 Å². The Labute approximate surface area is 241 Å². The van der Waals surface area contributed by atoms with E-state index in [9.17, 15) is 4.79 Å². The Balaban J connectivity index is 1.47. The van der Waals surface area contributed by atoms with Crippen LogP contribution in [-0.4, -0.2) is 15.9 Å². The van der Waals surface area contributed by atoms with Gasteiger partial charge in [-0.3, -0.25) is 4.79 Å². The van der Waals surface area contributed by atoms with Crippen molar-refractivity contribution in [2.75, 3.05) is 0 Å². The van der Waals surface area contributed by atoms with Gasteiger partial charge in [0.15, 0.2) is 0 Å². The number of aryl methyl sites for hydroxylation is 1. The molecule has 37 heavy (non-hydrogen) atoms. The van der Waals surface area contributed by atoms with E-state index in [1.54, 1.807) is 6.21 Å². The number of hydrogen-bond donors (Lipinski definition) is 0. The zero-order chi connectivity index (χ0) is 25.9. The van der Waals surface area contributed by atoms with Gasteiger partial charge in [0.1, 0.15) is 18.2 Å². The summed E-state index contributed by atoms with van der Waals surface area (Å²) in [6.45, 7) is 2.53. The van der Waals surface area contributed by atoms with Crippen molar-refractivity contribution in [2.24, 2.45) is 5.10 Å². The molecule has 190 valence electrons. The summed E-state index contributed by atoms with van der Waals surface area (Å²) in [5.74, 6) is 1.69. The molecule has 5 rings (SSSR count). The molecule has 1 fully saturated rings. The lowest BCUT2D eigenvalue weighted by Crippen LogP contribution is -2.25. The summed E-state index contributed by atoms with van der Waals surface area (Å²) < 4.78 is 10.0. The van der Waals surface area contributed by atoms with Crippen molar-refractivity contribution < 1.29 is 4.74 Å². The van der Waals surface area contributed by atoms with E-state index < -0.39 is 0 Å². The topological polar surface area (TPSA) is 56.5 Å². The van der Waals surface area contributed by atoms with Gasteiger partial charge in [-0.15, -0.1) is 0 Å². The standard InChI is InChI=1S/C29H26Br3N3O2/c1-18-6-5-7-19(12-18)17-37-27-24(31)13-20(14-25(27)32)16-33-35-28(21-8-3-2-4-9-21)34-26-11-10-22(30)15-23(26)29(35)36/h5-7,10-16,21H,2-4,8-9,17H2,1H3. The van der Waals surface area contributed by atoms with Crippen LogP contribution in [-0.2, 0) is 6.61 Å². The number of hydrogen-bond acceptors (Lipinski definition) is 4. The first kappa shape index (κ1) is 26.3. The largest absolute Gasteiger partial charge is 0.487 e. The average molecular weight is 688 g/mol. The molecule has 8 heteroatoms. The van der Waals surface area contributed by atoms with Gasteiger partial charge in [-0.2, -0.15) is 9.78 Å². The van der Waals surface area contributed by atoms with Crippen LogP contribution in [0.5, 0.6) is 5.75 Å². The molecule has 1 heterocycles. The molecule has 0 bridgehead atoms. The summed E-state index contributed by atoms with van der Waals surface area (Å²) >= 11 is 10.8. The van der Waals surface area contributed by atoms with E-state index in [2.05, 4.69) is 71.9 Å². The van der Waals surface area contributed by atoms with Crippen molar-refractivity contribution in [1.29, 1.82) is 0 Å². The van der Waals surface area contributed by atoms with Gasteiger partial charge in [0.2, 0.25) is 0 Å². The van der Waals surface area contributed by atoms with Gasteiger partial charge in [0.25, 0.3) is 5.56 Å². The van der Waals surface area contributed by atoms with Crippen molar-refractivity contribution in [3.63, 3.8) is 0 Å². The first-order chi connectivity index (χ1) is 17.9. The Bertz CT molecular complexity index is 1520. The third-order valence-corrected chi connectivity index (χ3v) is 8.28. The molecule has 4 aromatic rings. The molecule has 1 saturated carbocycles. The fourth-order valence-electron chi connectivity index (χ4n) is 4.78. The van der Waals surface area contributed by atoms with Gasteiger partial charge >= 0.3 is 0 Å². The number of fused-ring (bicyclic) bond motifs is 1. The Kier molecular flexibility index (Phi) is 8.27. The van der Waals surface area contributed by atoms with E-state index in [0.29, 0.717) is 17.5 Å². The fourth-order valence-corrected chi connectivity index (χ4v) is 6.59. The minimum atomic E-state index is -0.153. The molecule has 1 aromatic heterocycles. The first-order valence-corrected chi connectivity index (χ1v) is 14.7. The van der Waals surface area contributed by atoms with Crippen molar-refractivity contribution in [1.82, 2.24) is 9.66 Å². The highest BCUT2D eigenvalue weighted by Gasteiger charge is 2.22. The second kappa shape index (κ2) is 11.6. The van der Waals surface area contributed by atoms with Crippen molar-refractivity contribution in [2.45, 2.75) is 51.6 Å². The summed E-state index contributed by atoms with van der Waals surface area (Å²) in [5, 5.41) is 5.21. The molecular weight excluding hydrogens is 662 g/mol. The van der Waals surface area contributed by atoms with E-state index >= 15 is 0 Å². The zero-order valence-corrected chi connectivity index (χ0v) is 25.1. The molecule has 0 atom stereocenters. The maximum absolute atomic E-state index is 13.5. The Morgan fingerprint density at radius 3 is 2.51 bits per heavy atom. The van der Waals surface area contributed by atoms with Crippen LogP contribution in [0.25, 0.3) is 10.9 Å². The molecule has 1 aliphatic carbocycles. The van der Waals surface area contributed by atoms with Crippen LogP contribution in [0.1, 0.15) is 60.5 Å². The second-order valence-electron chi connectivity index (χ2n) is 9.42. The predicted octanol–water partition coefficient (Wildman–Crippen LogP) is 8.50. The molecule has 0 radical (unpaired) electrons. The molecule has 0 aliphatic heterocycles. The Morgan fingerprint density at radius 2 is 1.78 bits per heavy atom. The Morgan fingerprint density at radius 1 is 1.03 bits per heavy atom. The number of benzene rings is 3. The van der Waals surface area contributed by atoms with Crippen LogP contribution in [0.4, 0.5) is 0 Å². The minimum absolute atomic E-state index is 0.153. The molecule has 0 N–H and O–H groups in total. The number of rotatable bonds is 6. The van der Waals surface area contributed by atoms with Gasteiger partial charge in [-0.25, -0.2) is 4.98 Å². The van der Waals surface area contributed by atoms with Gasteiger partial charge in [-0.1, -0.05) is 65.0 Å². The average Bonchev–Trinajstić information content (AvgIpc) is 2.88. The molecule has 1 aliphatic rings. The predicted molar refractivity (Wildman–Crippen MR) is 160 cm³/mol. The van der Waals surface area contributed by atoms with E-state index in [1.165, 1.54) is 16.7 Å². The van der Waals surface area contributed by atoms with Crippen LogP contribution in [0, 0.1) is 6.92 Å². The lowest BCUT2D eigenvalue weighted by molar-refractivity contribution is 0.302. The van der Waals surface area contributed by atoms with E-state index in [-0.39, 0.29) is 11.5 Å². The van der Waals surface area contributed by atoms with Gasteiger partial charge < -0.3 is 4.74 Å². The highest BCUT2D eigenvalue weighted by Crippen LogP contribution is 2.35. The molecule has 0 spiro atoms.